The molecule has 0 bridgehead atoms. The Balaban J connectivity index is 1.70. The van der Waals surface area contributed by atoms with E-state index >= 15 is 0 Å². The number of carbonyl (C=O) groups excluding carboxylic acids is 1. The van der Waals surface area contributed by atoms with Gasteiger partial charge in [-0.1, -0.05) is 6.07 Å². The summed E-state index contributed by atoms with van der Waals surface area (Å²) in [6, 6.07) is 7.47. The number of Topliss-reactive ketones (excluding diaryl/α,β-unsaturated/α-hetero) is 1. The Hall–Kier alpha value is -3.29. The van der Waals surface area contributed by atoms with Gasteiger partial charge in [0, 0.05) is 24.6 Å². The number of pyridine rings is 1. The van der Waals surface area contributed by atoms with Crippen LogP contribution in [0.5, 0.6) is 11.5 Å². The summed E-state index contributed by atoms with van der Waals surface area (Å²) >= 11 is 0. The molecule has 27 heavy (non-hydrogen) atoms. The molecule has 2 aromatic heterocycles. The van der Waals surface area contributed by atoms with Crippen molar-refractivity contribution in [2.24, 2.45) is 0 Å². The number of ether oxygens (including phenoxy) is 1. The molecule has 0 fully saturated rings. The molecule has 1 N–H and O–H groups in total. The average molecular weight is 374 g/mol. The number of aromatic hydroxyl groups is 1. The highest BCUT2D eigenvalue weighted by Gasteiger charge is 2.15. The first-order chi connectivity index (χ1) is 12.9. The van der Waals surface area contributed by atoms with Gasteiger partial charge >= 0.3 is 6.61 Å². The van der Waals surface area contributed by atoms with Gasteiger partial charge in [0.1, 0.15) is 12.0 Å². The smallest absolute Gasteiger partial charge is 0.387 e. The maximum Gasteiger partial charge on any atom is 0.387 e. The maximum atomic E-state index is 12.4. The molecule has 0 atom stereocenters. The number of hydrogen-bond donors (Lipinski definition) is 1. The molecule has 0 aliphatic carbocycles. The van der Waals surface area contributed by atoms with Gasteiger partial charge in [0.2, 0.25) is 5.89 Å². The van der Waals surface area contributed by atoms with Crippen LogP contribution in [-0.4, -0.2) is 27.5 Å². The number of aromatic nitrogens is 2. The first-order valence-electron chi connectivity index (χ1n) is 8.11. The Morgan fingerprint density at radius 3 is 2.89 bits per heavy atom. The van der Waals surface area contributed by atoms with Crippen molar-refractivity contribution < 1.29 is 27.8 Å². The van der Waals surface area contributed by atoms with Crippen LogP contribution in [0, 0.1) is 6.92 Å². The number of phenolic OH excluding ortho intramolecular Hbond substituents is 1. The molecule has 140 valence electrons. The van der Waals surface area contributed by atoms with Gasteiger partial charge in [0.15, 0.2) is 17.3 Å². The zero-order valence-corrected chi connectivity index (χ0v) is 14.4. The third kappa shape index (κ3) is 4.46. The van der Waals surface area contributed by atoms with Crippen LogP contribution in [0.2, 0.25) is 0 Å². The molecule has 6 nitrogen and oxygen atoms in total. The Morgan fingerprint density at radius 2 is 2.15 bits per heavy atom. The fourth-order valence-corrected chi connectivity index (χ4v) is 2.53. The third-order valence-electron chi connectivity index (χ3n) is 3.86. The predicted octanol–water partition coefficient (Wildman–Crippen LogP) is 4.17. The van der Waals surface area contributed by atoms with Crippen LogP contribution in [0.3, 0.4) is 0 Å². The number of rotatable bonds is 7. The van der Waals surface area contributed by atoms with E-state index in [0.717, 1.165) is 5.56 Å². The molecule has 0 radical (unpaired) electrons. The first-order valence-corrected chi connectivity index (χ1v) is 8.11. The molecule has 0 spiro atoms. The first kappa shape index (κ1) is 18.5. The topological polar surface area (TPSA) is 85.5 Å². The maximum absolute atomic E-state index is 12.4. The van der Waals surface area contributed by atoms with E-state index in [-0.39, 0.29) is 23.8 Å². The number of halogens is 2. The van der Waals surface area contributed by atoms with Crippen LogP contribution in [0.15, 0.2) is 47.2 Å². The van der Waals surface area contributed by atoms with E-state index < -0.39 is 12.4 Å². The van der Waals surface area contributed by atoms with Crippen LogP contribution < -0.4 is 4.74 Å². The lowest BCUT2D eigenvalue weighted by Crippen LogP contribution is -2.06. The summed E-state index contributed by atoms with van der Waals surface area (Å²) in [4.78, 5) is 20.6. The number of hydrogen-bond acceptors (Lipinski definition) is 6. The number of aryl methyl sites for hydroxylation is 2. The van der Waals surface area contributed by atoms with Gasteiger partial charge in [0.05, 0.1) is 5.69 Å². The van der Waals surface area contributed by atoms with E-state index in [1.54, 1.807) is 12.3 Å². The van der Waals surface area contributed by atoms with Crippen LogP contribution in [0.25, 0.3) is 11.5 Å². The van der Waals surface area contributed by atoms with E-state index in [4.69, 9.17) is 4.42 Å². The van der Waals surface area contributed by atoms with Crippen molar-refractivity contribution in [1.29, 1.82) is 0 Å². The van der Waals surface area contributed by atoms with Crippen molar-refractivity contribution in [2.45, 2.75) is 26.4 Å². The summed E-state index contributed by atoms with van der Waals surface area (Å²) in [5, 5.41) is 9.56. The number of benzene rings is 1. The van der Waals surface area contributed by atoms with Crippen molar-refractivity contribution in [2.75, 3.05) is 0 Å². The largest absolute Gasteiger partial charge is 0.504 e. The summed E-state index contributed by atoms with van der Waals surface area (Å²) in [7, 11) is 0. The van der Waals surface area contributed by atoms with Gasteiger partial charge in [-0.2, -0.15) is 8.78 Å². The highest BCUT2D eigenvalue weighted by Crippen LogP contribution is 2.32. The minimum Gasteiger partial charge on any atom is -0.504 e. The van der Waals surface area contributed by atoms with Crippen LogP contribution in [0.4, 0.5) is 8.78 Å². The Kier molecular flexibility index (Phi) is 5.44. The zero-order valence-electron chi connectivity index (χ0n) is 14.4. The van der Waals surface area contributed by atoms with Crippen molar-refractivity contribution >= 4 is 5.78 Å². The van der Waals surface area contributed by atoms with Crippen molar-refractivity contribution in [3.8, 4) is 23.0 Å². The number of phenols is 1. The van der Waals surface area contributed by atoms with Gasteiger partial charge in [-0.05, 0) is 36.8 Å². The summed E-state index contributed by atoms with van der Waals surface area (Å²) < 4.78 is 34.3. The van der Waals surface area contributed by atoms with Crippen LogP contribution in [-0.2, 0) is 6.42 Å². The number of alkyl halides is 2. The summed E-state index contributed by atoms with van der Waals surface area (Å²) in [5.41, 5.74) is 2.13. The van der Waals surface area contributed by atoms with Gasteiger partial charge in [-0.15, -0.1) is 0 Å². The van der Waals surface area contributed by atoms with Gasteiger partial charge in [-0.25, -0.2) is 4.98 Å². The van der Waals surface area contributed by atoms with E-state index in [1.807, 2.05) is 13.0 Å². The van der Waals surface area contributed by atoms with Crippen LogP contribution in [0.1, 0.15) is 28.2 Å². The molecule has 0 amide bonds. The predicted molar refractivity (Wildman–Crippen MR) is 91.9 cm³/mol. The van der Waals surface area contributed by atoms with E-state index in [1.165, 1.54) is 24.5 Å². The monoisotopic (exact) mass is 374 g/mol. The van der Waals surface area contributed by atoms with E-state index in [0.29, 0.717) is 23.4 Å². The molecule has 3 aromatic rings. The second-order valence-electron chi connectivity index (χ2n) is 5.80. The van der Waals surface area contributed by atoms with Crippen molar-refractivity contribution in [1.82, 2.24) is 9.97 Å². The molecule has 0 unspecified atom stereocenters. The number of nitrogens with zero attached hydrogens (tertiary/aromatic N) is 2. The lowest BCUT2D eigenvalue weighted by atomic mass is 10.1. The zero-order chi connectivity index (χ0) is 19.4. The number of ketones is 1. The molecule has 0 aliphatic rings. The van der Waals surface area contributed by atoms with Crippen molar-refractivity contribution in [3.63, 3.8) is 0 Å². The minimum absolute atomic E-state index is 0.102. The Morgan fingerprint density at radius 1 is 1.33 bits per heavy atom. The second kappa shape index (κ2) is 7.94. The summed E-state index contributed by atoms with van der Waals surface area (Å²) in [5.74, 6) is -0.717. The molecule has 1 aromatic carbocycles. The number of carbonyl (C=O) groups is 1. The van der Waals surface area contributed by atoms with E-state index in [9.17, 15) is 18.7 Å². The Bertz CT molecular complexity index is 956. The summed E-state index contributed by atoms with van der Waals surface area (Å²) in [6.07, 6.45) is 3.52. The molecule has 0 saturated heterocycles. The molecule has 3 rings (SSSR count). The fourth-order valence-electron chi connectivity index (χ4n) is 2.53. The molecule has 8 heteroatoms. The Labute approximate surface area is 153 Å². The highest BCUT2D eigenvalue weighted by molar-refractivity contribution is 5.95. The normalized spacial score (nSPS) is 11.0. The molecule has 0 aliphatic heterocycles. The third-order valence-corrected chi connectivity index (χ3v) is 3.86. The molecule has 0 saturated carbocycles. The number of oxazole rings is 1. The van der Waals surface area contributed by atoms with E-state index in [2.05, 4.69) is 14.7 Å². The second-order valence-corrected chi connectivity index (χ2v) is 5.80. The van der Waals surface area contributed by atoms with Gasteiger partial charge < -0.3 is 14.3 Å². The lowest BCUT2D eigenvalue weighted by molar-refractivity contribution is -0.0512. The average Bonchev–Trinajstić information content (AvgIpc) is 3.10. The SMILES string of the molecule is Cc1cccnc1C(=O)CCc1coc(-c2ccc(O)c(OC(F)F)c2)n1. The quantitative estimate of drug-likeness (QED) is 0.625. The van der Waals surface area contributed by atoms with Gasteiger partial charge in [-0.3, -0.25) is 9.78 Å². The standard InChI is InChI=1S/C19H16F2N2O4/c1-11-3-2-8-22-17(11)15(25)7-5-13-10-26-18(23-13)12-4-6-14(24)16(9-12)27-19(20)21/h2-4,6,8-10,19,24H,5,7H2,1H3. The molecular formula is C19H16F2N2O4. The fraction of sp³-hybridized carbons (Fsp3) is 0.211. The lowest BCUT2D eigenvalue weighted by Gasteiger charge is -2.07. The van der Waals surface area contributed by atoms with Crippen molar-refractivity contribution in [3.05, 3.63) is 59.7 Å². The summed E-state index contributed by atoms with van der Waals surface area (Å²) in [6.45, 7) is -1.24. The van der Waals surface area contributed by atoms with Gasteiger partial charge in [0.25, 0.3) is 0 Å². The molecular weight excluding hydrogens is 358 g/mol. The molecule has 2 heterocycles. The van der Waals surface area contributed by atoms with Crippen LogP contribution >= 0.6 is 0 Å². The highest BCUT2D eigenvalue weighted by atomic mass is 19.3. The minimum atomic E-state index is -3.06.